The molecule has 1 aromatic carbocycles. The summed E-state index contributed by atoms with van der Waals surface area (Å²) >= 11 is 1.64. The lowest BCUT2D eigenvalue weighted by molar-refractivity contribution is 0.294. The molecule has 1 fully saturated rings. The zero-order chi connectivity index (χ0) is 12.8. The van der Waals surface area contributed by atoms with Crippen LogP contribution in [0, 0.1) is 11.7 Å². The highest BCUT2D eigenvalue weighted by molar-refractivity contribution is 7.99. The van der Waals surface area contributed by atoms with Crippen molar-refractivity contribution in [2.75, 3.05) is 12.8 Å². The minimum absolute atomic E-state index is 0.0963. The van der Waals surface area contributed by atoms with Crippen LogP contribution in [0.4, 0.5) is 4.39 Å². The summed E-state index contributed by atoms with van der Waals surface area (Å²) in [4.78, 5) is 0.772. The molecule has 1 aliphatic carbocycles. The van der Waals surface area contributed by atoms with E-state index in [0.29, 0.717) is 6.04 Å². The van der Waals surface area contributed by atoms with Gasteiger partial charge in [-0.3, -0.25) is 0 Å². The molecule has 100 valence electrons. The molecule has 3 heteroatoms. The minimum atomic E-state index is -0.0963. The highest BCUT2D eigenvalue weighted by Crippen LogP contribution is 2.30. The predicted molar refractivity (Wildman–Crippen MR) is 76.5 cm³/mol. The van der Waals surface area contributed by atoms with E-state index in [0.717, 1.165) is 16.6 Å². The van der Waals surface area contributed by atoms with Crippen molar-refractivity contribution in [2.45, 2.75) is 43.0 Å². The quantitative estimate of drug-likeness (QED) is 0.807. The Hall–Kier alpha value is -0.540. The van der Waals surface area contributed by atoms with Crippen molar-refractivity contribution < 1.29 is 4.39 Å². The third-order valence-corrected chi connectivity index (χ3v) is 5.01. The van der Waals surface area contributed by atoms with Crippen molar-refractivity contribution in [3.63, 3.8) is 0 Å². The third-order valence-electron chi connectivity index (χ3n) is 3.84. The van der Waals surface area contributed by atoms with Gasteiger partial charge in [-0.05, 0) is 37.9 Å². The first-order chi connectivity index (χ1) is 8.81. The average molecular weight is 267 g/mol. The smallest absolute Gasteiger partial charge is 0.136 e. The maximum absolute atomic E-state index is 13.5. The number of hydrogen-bond acceptors (Lipinski definition) is 2. The van der Waals surface area contributed by atoms with Gasteiger partial charge in [0, 0.05) is 16.7 Å². The molecule has 0 amide bonds. The maximum Gasteiger partial charge on any atom is 0.136 e. The van der Waals surface area contributed by atoms with E-state index in [9.17, 15) is 4.39 Å². The van der Waals surface area contributed by atoms with Crippen LogP contribution in [0.15, 0.2) is 29.2 Å². The van der Waals surface area contributed by atoms with E-state index in [1.54, 1.807) is 17.8 Å². The fourth-order valence-corrected chi connectivity index (χ4v) is 3.91. The molecule has 1 aromatic rings. The van der Waals surface area contributed by atoms with Crippen molar-refractivity contribution in [3.05, 3.63) is 30.1 Å². The summed E-state index contributed by atoms with van der Waals surface area (Å²) in [6, 6.07) is 7.57. The fourth-order valence-electron chi connectivity index (χ4n) is 2.73. The Morgan fingerprint density at radius 1 is 1.28 bits per heavy atom. The SMILES string of the molecule is CNC(CSc1ccccc1F)C1CCCCC1. The molecule has 0 saturated heterocycles. The number of rotatable bonds is 5. The molecule has 0 bridgehead atoms. The summed E-state index contributed by atoms with van der Waals surface area (Å²) in [7, 11) is 2.03. The van der Waals surface area contributed by atoms with E-state index >= 15 is 0 Å². The van der Waals surface area contributed by atoms with Crippen molar-refractivity contribution in [1.82, 2.24) is 5.32 Å². The summed E-state index contributed by atoms with van der Waals surface area (Å²) in [6.07, 6.45) is 6.74. The molecule has 1 N–H and O–H groups in total. The van der Waals surface area contributed by atoms with E-state index in [1.807, 2.05) is 19.2 Å². The largest absolute Gasteiger partial charge is 0.316 e. The van der Waals surface area contributed by atoms with Gasteiger partial charge in [0.25, 0.3) is 0 Å². The third kappa shape index (κ3) is 3.72. The van der Waals surface area contributed by atoms with Gasteiger partial charge in [-0.25, -0.2) is 4.39 Å². The second-order valence-electron chi connectivity index (χ2n) is 5.03. The molecule has 0 aliphatic heterocycles. The van der Waals surface area contributed by atoms with Crippen LogP contribution in [0.1, 0.15) is 32.1 Å². The Kier molecular flexibility index (Phi) is 5.51. The van der Waals surface area contributed by atoms with Gasteiger partial charge < -0.3 is 5.32 Å². The number of thioether (sulfide) groups is 1. The summed E-state index contributed by atoms with van der Waals surface area (Å²) in [5.74, 6) is 1.63. The van der Waals surface area contributed by atoms with Crippen LogP contribution < -0.4 is 5.32 Å². The average Bonchev–Trinajstić information content (AvgIpc) is 2.42. The monoisotopic (exact) mass is 267 g/mol. The number of halogens is 1. The molecule has 0 radical (unpaired) electrons. The molecule has 18 heavy (non-hydrogen) atoms. The van der Waals surface area contributed by atoms with Gasteiger partial charge >= 0.3 is 0 Å². The van der Waals surface area contributed by atoms with Crippen LogP contribution in [-0.4, -0.2) is 18.8 Å². The van der Waals surface area contributed by atoms with Gasteiger partial charge in [0.05, 0.1) is 0 Å². The Morgan fingerprint density at radius 2 is 2.00 bits per heavy atom. The van der Waals surface area contributed by atoms with Crippen molar-refractivity contribution in [3.8, 4) is 0 Å². The normalized spacial score (nSPS) is 18.8. The molecule has 1 nitrogen and oxygen atoms in total. The van der Waals surface area contributed by atoms with E-state index < -0.39 is 0 Å². The Balaban J connectivity index is 1.88. The van der Waals surface area contributed by atoms with Gasteiger partial charge in [-0.2, -0.15) is 0 Å². The zero-order valence-corrected chi connectivity index (χ0v) is 11.8. The van der Waals surface area contributed by atoms with Crippen molar-refractivity contribution >= 4 is 11.8 Å². The lowest BCUT2D eigenvalue weighted by Crippen LogP contribution is -2.36. The van der Waals surface area contributed by atoms with Crippen LogP contribution in [0.5, 0.6) is 0 Å². The number of nitrogens with one attached hydrogen (secondary N) is 1. The van der Waals surface area contributed by atoms with Crippen LogP contribution in [0.25, 0.3) is 0 Å². The Bertz CT molecular complexity index is 363. The summed E-state index contributed by atoms with van der Waals surface area (Å²) in [6.45, 7) is 0. The highest BCUT2D eigenvalue weighted by Gasteiger charge is 2.22. The van der Waals surface area contributed by atoms with Crippen molar-refractivity contribution in [2.24, 2.45) is 5.92 Å². The van der Waals surface area contributed by atoms with E-state index in [1.165, 1.54) is 38.2 Å². The van der Waals surface area contributed by atoms with Crippen LogP contribution in [-0.2, 0) is 0 Å². The zero-order valence-electron chi connectivity index (χ0n) is 11.0. The lowest BCUT2D eigenvalue weighted by Gasteiger charge is -2.29. The molecule has 1 aliphatic rings. The van der Waals surface area contributed by atoms with Gasteiger partial charge in [-0.1, -0.05) is 31.4 Å². The number of hydrogen-bond donors (Lipinski definition) is 1. The molecule has 1 atom stereocenters. The molecule has 1 saturated carbocycles. The van der Waals surface area contributed by atoms with E-state index in [-0.39, 0.29) is 5.82 Å². The van der Waals surface area contributed by atoms with Gasteiger partial charge in [0.15, 0.2) is 0 Å². The molecular formula is C15H22FNS. The van der Waals surface area contributed by atoms with Crippen LogP contribution >= 0.6 is 11.8 Å². The maximum atomic E-state index is 13.5. The Morgan fingerprint density at radius 3 is 2.67 bits per heavy atom. The molecule has 0 heterocycles. The van der Waals surface area contributed by atoms with Crippen LogP contribution in [0.3, 0.4) is 0 Å². The van der Waals surface area contributed by atoms with E-state index in [4.69, 9.17) is 0 Å². The molecular weight excluding hydrogens is 245 g/mol. The van der Waals surface area contributed by atoms with Gasteiger partial charge in [0.2, 0.25) is 0 Å². The second kappa shape index (κ2) is 7.15. The molecule has 0 spiro atoms. The first-order valence-corrected chi connectivity index (χ1v) is 7.84. The lowest BCUT2D eigenvalue weighted by atomic mass is 9.84. The van der Waals surface area contributed by atoms with Crippen molar-refractivity contribution in [1.29, 1.82) is 0 Å². The second-order valence-corrected chi connectivity index (χ2v) is 6.10. The summed E-state index contributed by atoms with van der Waals surface area (Å²) in [5, 5.41) is 3.42. The van der Waals surface area contributed by atoms with Gasteiger partial charge in [-0.15, -0.1) is 11.8 Å². The first kappa shape index (κ1) is 13.9. The molecule has 0 aromatic heterocycles. The predicted octanol–water partition coefficient (Wildman–Crippen LogP) is 4.09. The first-order valence-electron chi connectivity index (χ1n) is 6.86. The standard InChI is InChI=1S/C15H22FNS/c1-17-14(12-7-3-2-4-8-12)11-18-15-10-6-5-9-13(15)16/h5-6,9-10,12,14,17H,2-4,7-8,11H2,1H3. The molecule has 1 unspecified atom stereocenters. The minimum Gasteiger partial charge on any atom is -0.316 e. The summed E-state index contributed by atoms with van der Waals surface area (Å²) < 4.78 is 13.5. The van der Waals surface area contributed by atoms with Gasteiger partial charge in [0.1, 0.15) is 5.82 Å². The Labute approximate surface area is 114 Å². The highest BCUT2D eigenvalue weighted by atomic mass is 32.2. The topological polar surface area (TPSA) is 12.0 Å². The van der Waals surface area contributed by atoms with E-state index in [2.05, 4.69) is 5.32 Å². The molecule has 2 rings (SSSR count). The fraction of sp³-hybridized carbons (Fsp3) is 0.600. The summed E-state index contributed by atoms with van der Waals surface area (Å²) in [5.41, 5.74) is 0. The van der Waals surface area contributed by atoms with Crippen LogP contribution in [0.2, 0.25) is 0 Å². The number of benzene rings is 1.